The smallest absolute Gasteiger partial charge is 0.303 e. The number of piperidine rings is 1. The molecule has 2 heterocycles. The molecule has 4 aliphatic carbocycles. The van der Waals surface area contributed by atoms with E-state index >= 15 is 0 Å². The highest BCUT2D eigenvalue weighted by Gasteiger charge is 2.67. The lowest BCUT2D eigenvalue weighted by atomic mass is 9.44. The number of likely N-dealkylation sites (N-methyl/N-ethyl adjacent to an activating group) is 1. The third-order valence-electron chi connectivity index (χ3n) is 14.0. The van der Waals surface area contributed by atoms with Crippen molar-refractivity contribution in [2.45, 2.75) is 142 Å². The van der Waals surface area contributed by atoms with Gasteiger partial charge in [-0.1, -0.05) is 20.3 Å². The minimum Gasteiger partial charge on any atom is -0.461 e. The Kier molecular flexibility index (Phi) is 8.33. The summed E-state index contributed by atoms with van der Waals surface area (Å²) in [5.41, 5.74) is 0.370. The molecule has 6 aliphatic rings. The predicted octanol–water partition coefficient (Wildman–Crippen LogP) is 6.36. The Morgan fingerprint density at radius 1 is 0.780 bits per heavy atom. The SMILES string of the molecule is CC(=O)O[C@H]1C[C@@H]2CC[C@@H]3[C@H](CC[C@]4(C)[C@H](OC(C)=O)[C@@H]([N+]5(C)CCCCCC5)C[C@@H]34)[C@@]2(C)C[C@@H]1N1CCCCC1. The van der Waals surface area contributed by atoms with Gasteiger partial charge < -0.3 is 14.0 Å². The van der Waals surface area contributed by atoms with E-state index in [1.165, 1.54) is 96.6 Å². The van der Waals surface area contributed by atoms with Gasteiger partial charge in [0, 0.05) is 31.7 Å². The van der Waals surface area contributed by atoms with E-state index < -0.39 is 0 Å². The van der Waals surface area contributed by atoms with E-state index in [0.717, 1.165) is 29.9 Å². The van der Waals surface area contributed by atoms with E-state index in [0.29, 0.717) is 35.3 Å². The topological polar surface area (TPSA) is 55.8 Å². The van der Waals surface area contributed by atoms with Crippen LogP contribution in [0.1, 0.15) is 118 Å². The largest absolute Gasteiger partial charge is 0.461 e. The fourth-order valence-electron chi connectivity index (χ4n) is 11.9. The summed E-state index contributed by atoms with van der Waals surface area (Å²) in [6, 6.07) is 0.788. The van der Waals surface area contributed by atoms with Crippen LogP contribution in [-0.4, -0.2) is 78.8 Å². The van der Waals surface area contributed by atoms with Gasteiger partial charge in [-0.3, -0.25) is 14.5 Å². The summed E-state index contributed by atoms with van der Waals surface area (Å²) < 4.78 is 13.6. The van der Waals surface area contributed by atoms with Crippen molar-refractivity contribution in [3.63, 3.8) is 0 Å². The lowest BCUT2D eigenvalue weighted by molar-refractivity contribution is -0.935. The maximum atomic E-state index is 12.6. The summed E-state index contributed by atoms with van der Waals surface area (Å²) in [6.07, 6.45) is 17.6. The predicted molar refractivity (Wildman–Crippen MR) is 161 cm³/mol. The molecule has 0 radical (unpaired) electrons. The molecule has 6 heteroatoms. The van der Waals surface area contributed by atoms with Crippen molar-refractivity contribution in [1.29, 1.82) is 0 Å². The number of carbonyl (C=O) groups excluding carboxylic acids is 2. The van der Waals surface area contributed by atoms with Gasteiger partial charge >= 0.3 is 11.9 Å². The number of nitrogens with zero attached hydrogens (tertiary/aromatic N) is 2. The molecular weight excluding hydrogens is 512 g/mol. The molecule has 0 amide bonds. The van der Waals surface area contributed by atoms with E-state index in [4.69, 9.17) is 9.47 Å². The van der Waals surface area contributed by atoms with Gasteiger partial charge in [0.05, 0.1) is 20.1 Å². The monoisotopic (exact) mass is 571 g/mol. The number of fused-ring (bicyclic) bond motifs is 5. The van der Waals surface area contributed by atoms with Crippen molar-refractivity contribution >= 4 is 11.9 Å². The van der Waals surface area contributed by atoms with Gasteiger partial charge in [-0.2, -0.15) is 0 Å². The Hall–Kier alpha value is -1.14. The Labute approximate surface area is 249 Å². The van der Waals surface area contributed by atoms with Crippen LogP contribution in [0, 0.1) is 34.5 Å². The summed E-state index contributed by atoms with van der Waals surface area (Å²) in [6.45, 7) is 13.1. The minimum absolute atomic E-state index is 0.0420. The molecule has 0 N–H and O–H groups in total. The molecule has 6 rings (SSSR count). The number of hydrogen-bond donors (Lipinski definition) is 0. The molecule has 6 nitrogen and oxygen atoms in total. The van der Waals surface area contributed by atoms with Crippen molar-refractivity contribution in [2.75, 3.05) is 33.2 Å². The fourth-order valence-corrected chi connectivity index (χ4v) is 11.9. The quantitative estimate of drug-likeness (QED) is 0.291. The third kappa shape index (κ3) is 5.29. The molecule has 0 aromatic rings. The Balaban J connectivity index is 1.29. The number of rotatable bonds is 4. The summed E-state index contributed by atoms with van der Waals surface area (Å²) in [7, 11) is 2.49. The number of quaternary nitrogens is 1. The number of ether oxygens (including phenoxy) is 2. The highest BCUT2D eigenvalue weighted by atomic mass is 16.5. The highest BCUT2D eigenvalue weighted by Crippen LogP contribution is 2.67. The molecule has 232 valence electrons. The van der Waals surface area contributed by atoms with Gasteiger partial charge in [0.25, 0.3) is 0 Å². The number of hydrogen-bond acceptors (Lipinski definition) is 5. The molecule has 6 fully saturated rings. The first-order valence-corrected chi connectivity index (χ1v) is 17.5. The normalized spacial score (nSPS) is 46.4. The Morgan fingerprint density at radius 2 is 1.44 bits per heavy atom. The van der Waals surface area contributed by atoms with Crippen LogP contribution >= 0.6 is 0 Å². The van der Waals surface area contributed by atoms with Crippen LogP contribution in [0.4, 0.5) is 0 Å². The zero-order chi connectivity index (χ0) is 29.0. The molecule has 0 spiro atoms. The lowest BCUT2D eigenvalue weighted by Gasteiger charge is -2.62. The molecule has 2 aliphatic heterocycles. The summed E-state index contributed by atoms with van der Waals surface area (Å²) in [4.78, 5) is 27.5. The second kappa shape index (κ2) is 11.4. The standard InChI is InChI=1S/C35H59N2O4/c1-24(38)40-32-21-26-13-14-27-28(35(26,4)23-30(32)36-17-9-8-10-18-36)15-16-34(3)29(27)22-31(33(34)41-25(2)39)37(5)19-11-6-7-12-20-37/h26-33H,6-23H2,1-5H3/q+1/t26-,27+,28-,29-,30-,31-,32-,33+,34-,35-/m0/s1. The van der Waals surface area contributed by atoms with Gasteiger partial charge in [0.1, 0.15) is 12.1 Å². The third-order valence-corrected chi connectivity index (χ3v) is 14.0. The molecule has 41 heavy (non-hydrogen) atoms. The second-order valence-corrected chi connectivity index (χ2v) is 16.1. The maximum Gasteiger partial charge on any atom is 0.303 e. The average molecular weight is 572 g/mol. The van der Waals surface area contributed by atoms with Crippen molar-refractivity contribution in [2.24, 2.45) is 34.5 Å². The van der Waals surface area contributed by atoms with E-state index in [1.807, 2.05) is 0 Å². The highest BCUT2D eigenvalue weighted by molar-refractivity contribution is 5.66. The molecule has 0 bridgehead atoms. The maximum absolute atomic E-state index is 12.6. The first-order chi connectivity index (χ1) is 19.5. The zero-order valence-electron chi connectivity index (χ0n) is 26.9. The second-order valence-electron chi connectivity index (χ2n) is 16.1. The first kappa shape index (κ1) is 29.9. The van der Waals surface area contributed by atoms with Crippen LogP contribution in [0.3, 0.4) is 0 Å². The molecule has 0 aromatic carbocycles. The number of carbonyl (C=O) groups is 2. The molecule has 4 saturated carbocycles. The minimum atomic E-state index is -0.110. The lowest BCUT2D eigenvalue weighted by Crippen LogP contribution is -2.61. The van der Waals surface area contributed by atoms with Gasteiger partial charge in [0.15, 0.2) is 6.10 Å². The van der Waals surface area contributed by atoms with Crippen molar-refractivity contribution in [1.82, 2.24) is 4.90 Å². The van der Waals surface area contributed by atoms with E-state index in [2.05, 4.69) is 25.8 Å². The molecular formula is C35H59N2O4+. The zero-order valence-corrected chi connectivity index (χ0v) is 26.9. The van der Waals surface area contributed by atoms with Crippen LogP contribution in [0.5, 0.6) is 0 Å². The Morgan fingerprint density at radius 3 is 2.10 bits per heavy atom. The van der Waals surface area contributed by atoms with E-state index in [-0.39, 0.29) is 29.6 Å². The van der Waals surface area contributed by atoms with Gasteiger partial charge in [-0.25, -0.2) is 0 Å². The number of likely N-dealkylation sites (tertiary alicyclic amines) is 2. The molecule has 0 aromatic heterocycles. The van der Waals surface area contributed by atoms with Crippen molar-refractivity contribution in [3.05, 3.63) is 0 Å². The van der Waals surface area contributed by atoms with Crippen LogP contribution in [0.15, 0.2) is 0 Å². The van der Waals surface area contributed by atoms with Crippen molar-refractivity contribution in [3.8, 4) is 0 Å². The van der Waals surface area contributed by atoms with E-state index in [1.54, 1.807) is 13.8 Å². The Bertz CT molecular complexity index is 971. The molecule has 10 atom stereocenters. The molecule has 2 saturated heterocycles. The van der Waals surface area contributed by atoms with Crippen LogP contribution in [0.25, 0.3) is 0 Å². The first-order valence-electron chi connectivity index (χ1n) is 17.5. The summed E-state index contributed by atoms with van der Waals surface area (Å²) in [5, 5.41) is 0. The summed E-state index contributed by atoms with van der Waals surface area (Å²) >= 11 is 0. The molecule has 0 unspecified atom stereocenters. The van der Waals surface area contributed by atoms with E-state index in [9.17, 15) is 9.59 Å². The fraction of sp³-hybridized carbons (Fsp3) is 0.943. The van der Waals surface area contributed by atoms with Crippen LogP contribution in [0.2, 0.25) is 0 Å². The van der Waals surface area contributed by atoms with Gasteiger partial charge in [0.2, 0.25) is 0 Å². The van der Waals surface area contributed by atoms with Crippen molar-refractivity contribution < 1.29 is 23.5 Å². The van der Waals surface area contributed by atoms with Crippen LogP contribution in [-0.2, 0) is 19.1 Å². The number of esters is 2. The van der Waals surface area contributed by atoms with Crippen LogP contribution < -0.4 is 0 Å². The average Bonchev–Trinajstić information content (AvgIpc) is 3.06. The summed E-state index contributed by atoms with van der Waals surface area (Å²) in [5.74, 6) is 2.50. The van der Waals surface area contributed by atoms with Gasteiger partial charge in [-0.15, -0.1) is 0 Å². The van der Waals surface area contributed by atoms with Gasteiger partial charge in [-0.05, 0) is 119 Å².